The Labute approximate surface area is 253 Å². The maximum absolute atomic E-state index is 11.1. The Bertz CT molecular complexity index is 714. The van der Waals surface area contributed by atoms with Gasteiger partial charge in [-0.25, -0.2) is 0 Å². The smallest absolute Gasteiger partial charge is 0.303 e. The lowest BCUT2D eigenvalue weighted by Crippen LogP contribution is -2.21. The standard InChI is InChI=1S/C36H65NO4/c1-5-7-9-10-11-14-20-26-33(27-21-15-12-18-24-30-36(39)40)34(32(4)31(3)25-19-8-6-2)28-22-16-13-17-23-29-35(38)37-41/h11,14,26,31-32,34H,5-10,12-13,15-25,27-30H2,1-4H3,(H,39,40)/b14-11+,33-26-. The zero-order valence-electron chi connectivity index (χ0n) is 27.3. The molecule has 5 heteroatoms. The fourth-order valence-electron chi connectivity index (χ4n) is 5.90. The van der Waals surface area contributed by atoms with E-state index in [-0.39, 0.29) is 12.8 Å². The van der Waals surface area contributed by atoms with Crippen LogP contribution in [0.3, 0.4) is 0 Å². The van der Waals surface area contributed by atoms with E-state index < -0.39 is 11.9 Å². The highest BCUT2D eigenvalue weighted by molar-refractivity contribution is 5.76. The first-order valence-electron chi connectivity index (χ1n) is 17.3. The Hall–Kier alpha value is -1.78. The van der Waals surface area contributed by atoms with Crippen molar-refractivity contribution in [1.82, 2.24) is 0 Å². The minimum absolute atomic E-state index is 0.285. The van der Waals surface area contributed by atoms with Gasteiger partial charge >= 0.3 is 5.97 Å². The van der Waals surface area contributed by atoms with Gasteiger partial charge in [-0.2, -0.15) is 0 Å². The molecular formula is C36H65NO4. The summed E-state index contributed by atoms with van der Waals surface area (Å²) >= 11 is 0. The van der Waals surface area contributed by atoms with Gasteiger partial charge in [0.1, 0.15) is 0 Å². The maximum atomic E-state index is 11.1. The molecule has 1 N–H and O–H groups in total. The fraction of sp³-hybridized carbons (Fsp3) is 0.833. The highest BCUT2D eigenvalue weighted by atomic mass is 16.4. The Morgan fingerprint density at radius 2 is 1.24 bits per heavy atom. The van der Waals surface area contributed by atoms with Crippen molar-refractivity contribution in [2.75, 3.05) is 0 Å². The average molecular weight is 576 g/mol. The Kier molecular flexibility index (Phi) is 27.1. The number of nitrogens with zero attached hydrogens (tertiary/aromatic N) is 1. The van der Waals surface area contributed by atoms with Crippen LogP contribution in [0, 0.1) is 22.7 Å². The number of carbonyl (C=O) groups is 2. The molecule has 3 unspecified atom stereocenters. The number of aliphatic carboxylic acids is 1. The van der Waals surface area contributed by atoms with Crippen LogP contribution in [-0.4, -0.2) is 17.0 Å². The van der Waals surface area contributed by atoms with E-state index in [1.54, 1.807) is 5.57 Å². The molecule has 5 nitrogen and oxygen atoms in total. The predicted molar refractivity (Wildman–Crippen MR) is 175 cm³/mol. The molecule has 0 heterocycles. The van der Waals surface area contributed by atoms with Crippen molar-refractivity contribution >= 4 is 11.9 Å². The lowest BCUT2D eigenvalue weighted by molar-refractivity contribution is -0.137. The van der Waals surface area contributed by atoms with Crippen LogP contribution in [0.2, 0.25) is 0 Å². The summed E-state index contributed by atoms with van der Waals surface area (Å²) in [5.41, 5.74) is 1.64. The second-order valence-electron chi connectivity index (χ2n) is 12.4. The summed E-state index contributed by atoms with van der Waals surface area (Å²) in [6.07, 6.45) is 32.0. The second kappa shape index (κ2) is 28.3. The largest absolute Gasteiger partial charge is 0.481 e. The highest BCUT2D eigenvalue weighted by Crippen LogP contribution is 2.36. The summed E-state index contributed by atoms with van der Waals surface area (Å²) in [6, 6.07) is 0. The summed E-state index contributed by atoms with van der Waals surface area (Å²) in [7, 11) is 0. The van der Waals surface area contributed by atoms with Crippen LogP contribution in [0.25, 0.3) is 0 Å². The molecule has 3 atom stereocenters. The molecule has 1 amide bonds. The van der Waals surface area contributed by atoms with Gasteiger partial charge in [-0.05, 0) is 69.1 Å². The molecule has 0 radical (unpaired) electrons. The van der Waals surface area contributed by atoms with Gasteiger partial charge < -0.3 is 5.11 Å². The second-order valence-corrected chi connectivity index (χ2v) is 12.4. The van der Waals surface area contributed by atoms with Crippen LogP contribution in [0.15, 0.2) is 29.0 Å². The first-order valence-corrected chi connectivity index (χ1v) is 17.3. The predicted octanol–water partition coefficient (Wildman–Crippen LogP) is 11.7. The molecule has 0 aromatic heterocycles. The Morgan fingerprint density at radius 1 is 0.683 bits per heavy atom. The maximum Gasteiger partial charge on any atom is 0.303 e. The van der Waals surface area contributed by atoms with Gasteiger partial charge in [0.15, 0.2) is 0 Å². The van der Waals surface area contributed by atoms with Gasteiger partial charge in [0.05, 0.1) is 0 Å². The third kappa shape index (κ3) is 23.5. The first kappa shape index (κ1) is 39.2. The highest BCUT2D eigenvalue weighted by Gasteiger charge is 2.25. The quantitative estimate of drug-likeness (QED) is 0.0546. The summed E-state index contributed by atoms with van der Waals surface area (Å²) < 4.78 is 0. The van der Waals surface area contributed by atoms with Gasteiger partial charge in [-0.1, -0.05) is 135 Å². The number of allylic oxidation sites excluding steroid dienone is 4. The lowest BCUT2D eigenvalue weighted by atomic mass is 9.73. The molecule has 0 aromatic rings. The number of carbonyl (C=O) groups excluding carboxylic acids is 1. The Morgan fingerprint density at radius 3 is 1.88 bits per heavy atom. The Balaban J connectivity index is 5.30. The van der Waals surface area contributed by atoms with E-state index in [4.69, 9.17) is 5.11 Å². The number of amides is 1. The topological polar surface area (TPSA) is 83.8 Å². The molecule has 238 valence electrons. The number of unbranched alkanes of at least 4 members (excludes halogenated alkanes) is 13. The normalized spacial score (nSPS) is 14.3. The number of hydrogen-bond acceptors (Lipinski definition) is 3. The van der Waals surface area contributed by atoms with E-state index >= 15 is 0 Å². The van der Waals surface area contributed by atoms with Crippen LogP contribution in [-0.2, 0) is 9.59 Å². The third-order valence-corrected chi connectivity index (χ3v) is 8.79. The average Bonchev–Trinajstić information content (AvgIpc) is 2.96. The van der Waals surface area contributed by atoms with Crippen molar-refractivity contribution in [1.29, 1.82) is 0 Å². The van der Waals surface area contributed by atoms with Crippen molar-refractivity contribution in [2.45, 2.75) is 175 Å². The number of hydrogen-bond donors (Lipinski definition) is 1. The molecular weight excluding hydrogens is 510 g/mol. The number of nitroso groups, excluding NO2 is 1. The van der Waals surface area contributed by atoms with Gasteiger partial charge in [0, 0.05) is 18.0 Å². The van der Waals surface area contributed by atoms with Gasteiger partial charge in [-0.3, -0.25) is 9.59 Å². The van der Waals surface area contributed by atoms with Crippen LogP contribution in [0.5, 0.6) is 0 Å². The van der Waals surface area contributed by atoms with Gasteiger partial charge in [0.2, 0.25) is 0 Å². The monoisotopic (exact) mass is 575 g/mol. The number of carboxylic acids is 1. The molecule has 0 saturated heterocycles. The SMILES string of the molecule is CCCCC/C=C/C/C=C(/CCCCCCCC(=O)O)C(CCCCCCCC(=O)N=O)C(C)C(C)CCCCC. The molecule has 0 rings (SSSR count). The molecule has 0 aliphatic carbocycles. The van der Waals surface area contributed by atoms with Crippen LogP contribution < -0.4 is 0 Å². The van der Waals surface area contributed by atoms with Crippen molar-refractivity contribution in [2.24, 2.45) is 22.9 Å². The van der Waals surface area contributed by atoms with E-state index in [1.165, 1.54) is 83.5 Å². The minimum atomic E-state index is -0.686. The van der Waals surface area contributed by atoms with Gasteiger partial charge in [0.25, 0.3) is 5.91 Å². The molecule has 0 aliphatic rings. The molecule has 0 bridgehead atoms. The molecule has 0 aliphatic heterocycles. The van der Waals surface area contributed by atoms with Crippen molar-refractivity contribution in [3.63, 3.8) is 0 Å². The molecule has 41 heavy (non-hydrogen) atoms. The van der Waals surface area contributed by atoms with E-state index in [2.05, 4.69) is 51.1 Å². The zero-order valence-corrected chi connectivity index (χ0v) is 27.3. The number of carboxylic acid groups (broad SMARTS) is 1. The summed E-state index contributed by atoms with van der Waals surface area (Å²) in [4.78, 5) is 32.3. The third-order valence-electron chi connectivity index (χ3n) is 8.79. The summed E-state index contributed by atoms with van der Waals surface area (Å²) in [6.45, 7) is 9.47. The summed E-state index contributed by atoms with van der Waals surface area (Å²) in [5, 5.41) is 11.4. The molecule has 0 aromatic carbocycles. The molecule has 0 fully saturated rings. The van der Waals surface area contributed by atoms with Crippen molar-refractivity contribution in [3.8, 4) is 0 Å². The number of rotatable bonds is 29. The lowest BCUT2D eigenvalue weighted by Gasteiger charge is -2.32. The fourth-order valence-corrected chi connectivity index (χ4v) is 5.90. The van der Waals surface area contributed by atoms with Gasteiger partial charge in [-0.15, -0.1) is 4.91 Å². The minimum Gasteiger partial charge on any atom is -0.481 e. The van der Waals surface area contributed by atoms with E-state index in [0.29, 0.717) is 17.8 Å². The zero-order chi connectivity index (χ0) is 30.6. The van der Waals surface area contributed by atoms with E-state index in [9.17, 15) is 14.5 Å². The van der Waals surface area contributed by atoms with E-state index in [1.807, 2.05) is 0 Å². The van der Waals surface area contributed by atoms with Crippen LogP contribution in [0.4, 0.5) is 0 Å². The van der Waals surface area contributed by atoms with Crippen molar-refractivity contribution < 1.29 is 14.7 Å². The first-order chi connectivity index (χ1) is 19.9. The summed E-state index contributed by atoms with van der Waals surface area (Å²) in [5.74, 6) is 0.755. The van der Waals surface area contributed by atoms with E-state index in [0.717, 1.165) is 51.4 Å². The molecule has 0 spiro atoms. The van der Waals surface area contributed by atoms with Crippen molar-refractivity contribution in [3.05, 3.63) is 28.7 Å². The molecule has 0 saturated carbocycles. The van der Waals surface area contributed by atoms with Crippen LogP contribution >= 0.6 is 0 Å². The van der Waals surface area contributed by atoms with Crippen LogP contribution in [0.1, 0.15) is 175 Å².